The van der Waals surface area contributed by atoms with Crippen LogP contribution in [0, 0.1) is 0 Å². The maximum atomic E-state index is 13.3. The lowest BCUT2D eigenvalue weighted by Gasteiger charge is -2.41. The third-order valence-electron chi connectivity index (χ3n) is 5.11. The second-order valence-electron chi connectivity index (χ2n) is 6.82. The normalized spacial score (nSPS) is 18.6. The van der Waals surface area contributed by atoms with Gasteiger partial charge < -0.3 is 10.0 Å². The van der Waals surface area contributed by atoms with E-state index in [2.05, 4.69) is 0 Å². The number of nitrogens with zero attached hydrogens (tertiary/aromatic N) is 1. The van der Waals surface area contributed by atoms with Crippen LogP contribution in [0.3, 0.4) is 0 Å². The van der Waals surface area contributed by atoms with Crippen molar-refractivity contribution in [1.29, 1.82) is 0 Å². The summed E-state index contributed by atoms with van der Waals surface area (Å²) in [6, 6.07) is 23.0. The van der Waals surface area contributed by atoms with Gasteiger partial charge in [0.15, 0.2) is 0 Å². The zero-order valence-electron chi connectivity index (χ0n) is 15.0. The van der Waals surface area contributed by atoms with Gasteiger partial charge in [-0.25, -0.2) is 0 Å². The van der Waals surface area contributed by atoms with Gasteiger partial charge in [-0.05, 0) is 34.9 Å². The molecule has 1 aliphatic heterocycles. The maximum absolute atomic E-state index is 13.3. The Kier molecular flexibility index (Phi) is 4.88. The summed E-state index contributed by atoms with van der Waals surface area (Å²) in [4.78, 5) is 27.3. The van der Waals surface area contributed by atoms with Crippen molar-refractivity contribution in [2.24, 2.45) is 0 Å². The Morgan fingerprint density at radius 1 is 0.929 bits per heavy atom. The molecule has 3 aromatic rings. The number of benzene rings is 3. The lowest BCUT2D eigenvalue weighted by molar-refractivity contribution is -0.140. The van der Waals surface area contributed by atoms with E-state index in [9.17, 15) is 14.7 Å². The minimum atomic E-state index is -0.949. The first-order valence-corrected chi connectivity index (χ1v) is 9.36. The van der Waals surface area contributed by atoms with E-state index in [1.165, 1.54) is 0 Å². The SMILES string of the molecule is O=C(O)C1c2ccccc2C(=O)N(Cc2ccc(Cl)cc2)C1c1ccccc1. The Balaban J connectivity index is 1.86. The number of carboxylic acids is 1. The van der Waals surface area contributed by atoms with Crippen molar-refractivity contribution in [3.8, 4) is 0 Å². The first kappa shape index (κ1) is 18.3. The number of hydrogen-bond acceptors (Lipinski definition) is 2. The first-order valence-electron chi connectivity index (χ1n) is 8.98. The average molecular weight is 392 g/mol. The molecule has 3 aromatic carbocycles. The number of hydrogen-bond donors (Lipinski definition) is 1. The number of halogens is 1. The lowest BCUT2D eigenvalue weighted by atomic mass is 9.79. The molecule has 5 heteroatoms. The topological polar surface area (TPSA) is 57.6 Å². The Hall–Kier alpha value is -3.11. The van der Waals surface area contributed by atoms with Gasteiger partial charge in [-0.15, -0.1) is 0 Å². The van der Waals surface area contributed by atoms with E-state index in [0.717, 1.165) is 11.1 Å². The van der Waals surface area contributed by atoms with Crippen molar-refractivity contribution < 1.29 is 14.7 Å². The summed E-state index contributed by atoms with van der Waals surface area (Å²) in [6.45, 7) is 0.299. The number of rotatable bonds is 4. The molecule has 4 rings (SSSR count). The number of aliphatic carboxylic acids is 1. The third kappa shape index (κ3) is 3.27. The highest BCUT2D eigenvalue weighted by atomic mass is 35.5. The Morgan fingerprint density at radius 2 is 1.57 bits per heavy atom. The number of carbonyl (C=O) groups excluding carboxylic acids is 1. The van der Waals surface area contributed by atoms with Gasteiger partial charge in [0, 0.05) is 17.1 Å². The molecule has 0 saturated heterocycles. The summed E-state index contributed by atoms with van der Waals surface area (Å²) in [7, 11) is 0. The number of carbonyl (C=O) groups is 2. The van der Waals surface area contributed by atoms with Gasteiger partial charge in [-0.2, -0.15) is 0 Å². The van der Waals surface area contributed by atoms with Gasteiger partial charge in [0.2, 0.25) is 0 Å². The number of fused-ring (bicyclic) bond motifs is 1. The molecule has 2 unspecified atom stereocenters. The van der Waals surface area contributed by atoms with Gasteiger partial charge in [0.25, 0.3) is 5.91 Å². The summed E-state index contributed by atoms with van der Waals surface area (Å²) in [5.74, 6) is -1.96. The van der Waals surface area contributed by atoms with E-state index in [-0.39, 0.29) is 5.91 Å². The van der Waals surface area contributed by atoms with Crippen LogP contribution in [0.5, 0.6) is 0 Å². The predicted molar refractivity (Wildman–Crippen MR) is 107 cm³/mol. The van der Waals surface area contributed by atoms with Gasteiger partial charge in [-0.3, -0.25) is 9.59 Å². The molecule has 0 aromatic heterocycles. The van der Waals surface area contributed by atoms with Gasteiger partial charge in [-0.1, -0.05) is 72.3 Å². The fourth-order valence-corrected chi connectivity index (χ4v) is 3.97. The van der Waals surface area contributed by atoms with Crippen LogP contribution in [0.15, 0.2) is 78.9 Å². The van der Waals surface area contributed by atoms with Crippen LogP contribution < -0.4 is 0 Å². The second kappa shape index (κ2) is 7.49. The Labute approximate surface area is 168 Å². The van der Waals surface area contributed by atoms with Gasteiger partial charge in [0.05, 0.1) is 6.04 Å². The van der Waals surface area contributed by atoms with Crippen molar-refractivity contribution in [2.75, 3.05) is 0 Å². The molecule has 0 fully saturated rings. The number of amides is 1. The zero-order valence-corrected chi connectivity index (χ0v) is 15.7. The largest absolute Gasteiger partial charge is 0.481 e. The lowest BCUT2D eigenvalue weighted by Crippen LogP contribution is -2.44. The summed E-state index contributed by atoms with van der Waals surface area (Å²) < 4.78 is 0. The average Bonchev–Trinajstić information content (AvgIpc) is 2.71. The van der Waals surface area contributed by atoms with Crippen molar-refractivity contribution in [3.63, 3.8) is 0 Å². The smallest absolute Gasteiger partial charge is 0.313 e. The molecule has 0 spiro atoms. The molecule has 1 N–H and O–H groups in total. The van der Waals surface area contributed by atoms with Gasteiger partial charge >= 0.3 is 5.97 Å². The van der Waals surface area contributed by atoms with Crippen LogP contribution in [0.2, 0.25) is 5.02 Å². The summed E-state index contributed by atoms with van der Waals surface area (Å²) in [5, 5.41) is 10.7. The van der Waals surface area contributed by atoms with Crippen LogP contribution in [0.4, 0.5) is 0 Å². The summed E-state index contributed by atoms with van der Waals surface area (Å²) in [5.41, 5.74) is 2.69. The standard InChI is InChI=1S/C23H18ClNO3/c24-17-12-10-15(11-13-17)14-25-21(16-6-2-1-3-7-16)20(23(27)28)18-8-4-5-9-19(18)22(25)26/h1-13,20-21H,14H2,(H,27,28). The highest BCUT2D eigenvalue weighted by Gasteiger charge is 2.44. The van der Waals surface area contributed by atoms with Crippen molar-refractivity contribution in [2.45, 2.75) is 18.5 Å². The highest BCUT2D eigenvalue weighted by Crippen LogP contribution is 2.43. The van der Waals surface area contributed by atoms with Crippen LogP contribution in [-0.2, 0) is 11.3 Å². The van der Waals surface area contributed by atoms with E-state index in [0.29, 0.717) is 22.7 Å². The number of carboxylic acid groups (broad SMARTS) is 1. The molecule has 28 heavy (non-hydrogen) atoms. The van der Waals surface area contributed by atoms with E-state index in [1.54, 1.807) is 41.3 Å². The van der Waals surface area contributed by atoms with Crippen molar-refractivity contribution >= 4 is 23.5 Å². The molecule has 0 aliphatic carbocycles. The van der Waals surface area contributed by atoms with Crippen LogP contribution in [-0.4, -0.2) is 21.9 Å². The molecule has 4 nitrogen and oxygen atoms in total. The predicted octanol–water partition coefficient (Wildman–Crippen LogP) is 4.91. The fourth-order valence-electron chi connectivity index (χ4n) is 3.84. The highest BCUT2D eigenvalue weighted by molar-refractivity contribution is 6.30. The molecule has 1 aliphatic rings. The minimum Gasteiger partial charge on any atom is -0.481 e. The van der Waals surface area contributed by atoms with E-state index >= 15 is 0 Å². The minimum absolute atomic E-state index is 0.170. The zero-order chi connectivity index (χ0) is 19.7. The van der Waals surface area contributed by atoms with E-state index in [1.807, 2.05) is 42.5 Å². The summed E-state index contributed by atoms with van der Waals surface area (Å²) >= 11 is 5.98. The first-order chi connectivity index (χ1) is 13.6. The quantitative estimate of drug-likeness (QED) is 0.687. The molecule has 0 radical (unpaired) electrons. The van der Waals surface area contributed by atoms with Crippen LogP contribution in [0.25, 0.3) is 0 Å². The van der Waals surface area contributed by atoms with Gasteiger partial charge in [0.1, 0.15) is 5.92 Å². The van der Waals surface area contributed by atoms with Crippen LogP contribution in [0.1, 0.15) is 39.0 Å². The summed E-state index contributed by atoms with van der Waals surface area (Å²) in [6.07, 6.45) is 0. The third-order valence-corrected chi connectivity index (χ3v) is 5.36. The van der Waals surface area contributed by atoms with E-state index in [4.69, 9.17) is 11.6 Å². The molecular weight excluding hydrogens is 374 g/mol. The maximum Gasteiger partial charge on any atom is 0.313 e. The molecule has 0 saturated carbocycles. The molecular formula is C23H18ClNO3. The van der Waals surface area contributed by atoms with Crippen molar-refractivity contribution in [3.05, 3.63) is 106 Å². The second-order valence-corrected chi connectivity index (χ2v) is 7.25. The Morgan fingerprint density at radius 3 is 2.25 bits per heavy atom. The molecule has 1 heterocycles. The molecule has 2 atom stereocenters. The van der Waals surface area contributed by atoms with Crippen molar-refractivity contribution in [1.82, 2.24) is 4.90 Å². The Bertz CT molecular complexity index is 1020. The van der Waals surface area contributed by atoms with E-state index < -0.39 is 17.9 Å². The molecule has 1 amide bonds. The molecule has 0 bridgehead atoms. The monoisotopic (exact) mass is 391 g/mol. The van der Waals surface area contributed by atoms with Crippen LogP contribution >= 0.6 is 11.6 Å². The molecule has 140 valence electrons. The fraction of sp³-hybridized carbons (Fsp3) is 0.130.